The molecule has 0 aliphatic heterocycles. The van der Waals surface area contributed by atoms with Crippen molar-refractivity contribution >= 4 is 5.82 Å². The number of hydrogen-bond acceptors (Lipinski definition) is 4. The van der Waals surface area contributed by atoms with E-state index >= 15 is 0 Å². The third kappa shape index (κ3) is 1.86. The summed E-state index contributed by atoms with van der Waals surface area (Å²) in [6.45, 7) is 3.88. The van der Waals surface area contributed by atoms with Crippen molar-refractivity contribution in [1.82, 2.24) is 15.0 Å². The van der Waals surface area contributed by atoms with Crippen LogP contribution in [0.1, 0.15) is 11.4 Å². The molecule has 16 heavy (non-hydrogen) atoms. The zero-order valence-electron chi connectivity index (χ0n) is 9.65. The van der Waals surface area contributed by atoms with Crippen molar-refractivity contribution in [1.29, 1.82) is 0 Å². The van der Waals surface area contributed by atoms with E-state index in [9.17, 15) is 0 Å². The summed E-state index contributed by atoms with van der Waals surface area (Å²) in [5.74, 6) is 1.60. The van der Waals surface area contributed by atoms with Crippen LogP contribution in [0, 0.1) is 13.8 Å². The monoisotopic (exact) mass is 214 g/mol. The van der Waals surface area contributed by atoms with E-state index in [4.69, 9.17) is 0 Å². The number of nitrogens with zero attached hydrogens (tertiary/aromatic N) is 3. The van der Waals surface area contributed by atoms with Crippen LogP contribution in [-0.4, -0.2) is 22.0 Å². The highest BCUT2D eigenvalue weighted by atomic mass is 15.0. The molecule has 2 aromatic heterocycles. The molecule has 0 saturated heterocycles. The van der Waals surface area contributed by atoms with Crippen LogP contribution >= 0.6 is 0 Å². The van der Waals surface area contributed by atoms with E-state index in [0.29, 0.717) is 0 Å². The van der Waals surface area contributed by atoms with Gasteiger partial charge in [0.2, 0.25) is 0 Å². The Kier molecular flexibility index (Phi) is 2.81. The fourth-order valence-corrected chi connectivity index (χ4v) is 1.62. The number of hydrogen-bond donors (Lipinski definition) is 1. The van der Waals surface area contributed by atoms with E-state index in [1.165, 1.54) is 0 Å². The zero-order valence-corrected chi connectivity index (χ0v) is 9.65. The predicted octanol–water partition coefficient (Wildman–Crippen LogP) is 2.20. The van der Waals surface area contributed by atoms with Gasteiger partial charge in [-0.15, -0.1) is 0 Å². The van der Waals surface area contributed by atoms with E-state index in [1.807, 2.05) is 39.1 Å². The molecule has 4 heteroatoms. The van der Waals surface area contributed by atoms with Crippen LogP contribution in [-0.2, 0) is 0 Å². The van der Waals surface area contributed by atoms with Crippen LogP contribution in [0.4, 0.5) is 5.82 Å². The number of aryl methyl sites for hydroxylation is 1. The normalized spacial score (nSPS) is 10.2. The zero-order chi connectivity index (χ0) is 11.5. The minimum absolute atomic E-state index is 0.746. The summed E-state index contributed by atoms with van der Waals surface area (Å²) in [5.41, 5.74) is 2.78. The number of nitrogens with one attached hydrogen (secondary N) is 1. The molecule has 4 nitrogen and oxygen atoms in total. The summed E-state index contributed by atoms with van der Waals surface area (Å²) in [6.07, 6.45) is 1.77. The molecular formula is C12H14N4. The van der Waals surface area contributed by atoms with Crippen LogP contribution in [0.15, 0.2) is 24.4 Å². The van der Waals surface area contributed by atoms with E-state index < -0.39 is 0 Å². The average molecular weight is 214 g/mol. The molecule has 2 aromatic rings. The molecule has 0 saturated carbocycles. The molecule has 0 atom stereocenters. The number of anilines is 1. The molecule has 0 spiro atoms. The first-order valence-electron chi connectivity index (χ1n) is 5.16. The lowest BCUT2D eigenvalue weighted by Crippen LogP contribution is -2.03. The Bertz CT molecular complexity index is 494. The number of pyridine rings is 1. The Morgan fingerprint density at radius 3 is 2.56 bits per heavy atom. The molecule has 82 valence electrons. The fraction of sp³-hybridized carbons (Fsp3) is 0.250. The van der Waals surface area contributed by atoms with Gasteiger partial charge in [0.1, 0.15) is 11.6 Å². The van der Waals surface area contributed by atoms with Gasteiger partial charge in [0.25, 0.3) is 0 Å². The summed E-state index contributed by atoms with van der Waals surface area (Å²) in [7, 11) is 1.86. The van der Waals surface area contributed by atoms with Crippen molar-refractivity contribution in [3.63, 3.8) is 0 Å². The van der Waals surface area contributed by atoms with Crippen molar-refractivity contribution < 1.29 is 0 Å². The van der Waals surface area contributed by atoms with Crippen molar-refractivity contribution in [3.05, 3.63) is 35.8 Å². The molecule has 1 N–H and O–H groups in total. The van der Waals surface area contributed by atoms with Crippen LogP contribution in [0.5, 0.6) is 0 Å². The first-order valence-corrected chi connectivity index (χ1v) is 5.16. The summed E-state index contributed by atoms with van der Waals surface area (Å²) in [6, 6.07) is 5.80. The Balaban J connectivity index is 2.61. The average Bonchev–Trinajstić information content (AvgIpc) is 2.33. The maximum atomic E-state index is 4.44. The lowest BCUT2D eigenvalue weighted by Gasteiger charge is -2.09. The van der Waals surface area contributed by atoms with Crippen LogP contribution in [0.25, 0.3) is 11.4 Å². The van der Waals surface area contributed by atoms with Gasteiger partial charge in [0.15, 0.2) is 0 Å². The molecular weight excluding hydrogens is 200 g/mol. The highest BCUT2D eigenvalue weighted by Gasteiger charge is 2.10. The van der Waals surface area contributed by atoms with Gasteiger partial charge in [0, 0.05) is 18.8 Å². The van der Waals surface area contributed by atoms with Crippen LogP contribution in [0.2, 0.25) is 0 Å². The third-order valence-corrected chi connectivity index (χ3v) is 2.40. The fourth-order valence-electron chi connectivity index (χ4n) is 1.62. The molecule has 0 fully saturated rings. The van der Waals surface area contributed by atoms with Gasteiger partial charge in [0.05, 0.1) is 11.4 Å². The van der Waals surface area contributed by atoms with E-state index in [-0.39, 0.29) is 0 Å². The molecule has 2 heterocycles. The lowest BCUT2D eigenvalue weighted by molar-refractivity contribution is 1.03. The van der Waals surface area contributed by atoms with Gasteiger partial charge in [-0.05, 0) is 26.0 Å². The van der Waals surface area contributed by atoms with Crippen molar-refractivity contribution in [3.8, 4) is 11.4 Å². The minimum Gasteiger partial charge on any atom is -0.373 e. The number of rotatable bonds is 2. The minimum atomic E-state index is 0.746. The highest BCUT2D eigenvalue weighted by molar-refractivity contribution is 5.64. The summed E-state index contributed by atoms with van der Waals surface area (Å²) < 4.78 is 0. The molecule has 0 unspecified atom stereocenters. The topological polar surface area (TPSA) is 50.7 Å². The predicted molar refractivity (Wildman–Crippen MR) is 64.3 cm³/mol. The molecule has 0 amide bonds. The summed E-state index contributed by atoms with van der Waals surface area (Å²) >= 11 is 0. The second-order valence-corrected chi connectivity index (χ2v) is 3.56. The summed E-state index contributed by atoms with van der Waals surface area (Å²) in [5, 5.41) is 3.07. The van der Waals surface area contributed by atoms with Crippen LogP contribution < -0.4 is 5.32 Å². The van der Waals surface area contributed by atoms with Gasteiger partial charge < -0.3 is 5.32 Å². The second-order valence-electron chi connectivity index (χ2n) is 3.56. The Morgan fingerprint density at radius 2 is 1.94 bits per heavy atom. The quantitative estimate of drug-likeness (QED) is 0.832. The van der Waals surface area contributed by atoms with E-state index in [2.05, 4.69) is 20.3 Å². The van der Waals surface area contributed by atoms with Crippen molar-refractivity contribution in [2.24, 2.45) is 0 Å². The van der Waals surface area contributed by atoms with Gasteiger partial charge in [-0.1, -0.05) is 6.07 Å². The molecule has 2 rings (SSSR count). The Hall–Kier alpha value is -1.97. The second kappa shape index (κ2) is 4.26. The molecule has 0 bridgehead atoms. The van der Waals surface area contributed by atoms with Gasteiger partial charge in [-0.3, -0.25) is 4.98 Å². The lowest BCUT2D eigenvalue weighted by atomic mass is 10.1. The third-order valence-electron chi connectivity index (χ3n) is 2.40. The Morgan fingerprint density at radius 1 is 1.12 bits per heavy atom. The van der Waals surface area contributed by atoms with E-state index in [0.717, 1.165) is 28.6 Å². The molecule has 0 aromatic carbocycles. The van der Waals surface area contributed by atoms with Crippen molar-refractivity contribution in [2.45, 2.75) is 13.8 Å². The SMILES string of the molecule is CNc1nc(C)nc(-c2ccccn2)c1C. The van der Waals surface area contributed by atoms with Crippen LogP contribution in [0.3, 0.4) is 0 Å². The van der Waals surface area contributed by atoms with Crippen molar-refractivity contribution in [2.75, 3.05) is 12.4 Å². The largest absolute Gasteiger partial charge is 0.373 e. The molecule has 0 aliphatic carbocycles. The number of aromatic nitrogens is 3. The summed E-state index contributed by atoms with van der Waals surface area (Å²) in [4.78, 5) is 13.1. The maximum Gasteiger partial charge on any atom is 0.133 e. The van der Waals surface area contributed by atoms with Gasteiger partial charge in [-0.2, -0.15) is 0 Å². The van der Waals surface area contributed by atoms with Gasteiger partial charge >= 0.3 is 0 Å². The smallest absolute Gasteiger partial charge is 0.133 e. The van der Waals surface area contributed by atoms with E-state index in [1.54, 1.807) is 6.20 Å². The molecule has 0 radical (unpaired) electrons. The maximum absolute atomic E-state index is 4.44. The highest BCUT2D eigenvalue weighted by Crippen LogP contribution is 2.23. The Labute approximate surface area is 94.8 Å². The molecule has 0 aliphatic rings. The first-order chi connectivity index (χ1) is 7.72. The standard InChI is InChI=1S/C12H14N4/c1-8-11(10-6-4-5-7-14-10)15-9(2)16-12(8)13-3/h4-7H,1-3H3,(H,13,15,16). The van der Waals surface area contributed by atoms with Gasteiger partial charge in [-0.25, -0.2) is 9.97 Å². The first kappa shape index (κ1) is 10.5.